The summed E-state index contributed by atoms with van der Waals surface area (Å²) < 4.78 is 5.94. The van der Waals surface area contributed by atoms with Crippen molar-refractivity contribution in [2.45, 2.75) is 45.8 Å². The molecular formula is C30H27N5O6. The summed E-state index contributed by atoms with van der Waals surface area (Å²) in [6.07, 6.45) is -0.558. The predicted octanol–water partition coefficient (Wildman–Crippen LogP) is 3.25. The lowest BCUT2D eigenvalue weighted by Gasteiger charge is -2.31. The molecule has 0 bridgehead atoms. The molecule has 3 aromatic rings. The number of aryl methyl sites for hydroxylation is 2. The SMILES string of the molecule is Cc1cc(-c2cc3c(cc2Nc2cccc4c2C(=O)N([C@H]2CCC(=O)NC2=O)C4=O)N(C)C(=O)[C@H](C)O3)cc(C)n1. The van der Waals surface area contributed by atoms with Crippen LogP contribution < -0.4 is 20.3 Å². The van der Waals surface area contributed by atoms with Gasteiger partial charge in [-0.1, -0.05) is 6.07 Å². The van der Waals surface area contributed by atoms with Crippen molar-refractivity contribution in [1.29, 1.82) is 0 Å². The molecule has 3 aliphatic rings. The van der Waals surface area contributed by atoms with Crippen LogP contribution in [0.15, 0.2) is 42.5 Å². The third kappa shape index (κ3) is 4.30. The number of hydrogen-bond donors (Lipinski definition) is 2. The van der Waals surface area contributed by atoms with Gasteiger partial charge < -0.3 is 15.0 Å². The van der Waals surface area contributed by atoms with Crippen molar-refractivity contribution in [3.8, 4) is 16.9 Å². The minimum atomic E-state index is -1.08. The normalized spacial score (nSPS) is 20.0. The fourth-order valence-corrected chi connectivity index (χ4v) is 5.65. The number of hydrogen-bond acceptors (Lipinski definition) is 8. The molecule has 0 aliphatic carbocycles. The van der Waals surface area contributed by atoms with Gasteiger partial charge in [0.2, 0.25) is 11.8 Å². The number of ether oxygens (including phenoxy) is 1. The number of benzene rings is 2. The molecule has 0 saturated carbocycles. The number of fused-ring (bicyclic) bond motifs is 2. The lowest BCUT2D eigenvalue weighted by Crippen LogP contribution is -2.54. The van der Waals surface area contributed by atoms with Gasteiger partial charge in [0, 0.05) is 36.1 Å². The van der Waals surface area contributed by atoms with E-state index in [9.17, 15) is 24.0 Å². The Kier molecular flexibility index (Phi) is 6.09. The van der Waals surface area contributed by atoms with Crippen LogP contribution in [0.5, 0.6) is 5.75 Å². The minimum Gasteiger partial charge on any atom is -0.479 e. The molecule has 0 spiro atoms. The Labute approximate surface area is 235 Å². The molecule has 2 aromatic carbocycles. The Bertz CT molecular complexity index is 1680. The van der Waals surface area contributed by atoms with Crippen molar-refractivity contribution in [3.05, 3.63) is 65.0 Å². The number of piperidine rings is 1. The molecule has 5 amide bonds. The van der Waals surface area contributed by atoms with E-state index < -0.39 is 35.8 Å². The Balaban J connectivity index is 1.46. The lowest BCUT2D eigenvalue weighted by molar-refractivity contribution is -0.136. The van der Waals surface area contributed by atoms with Gasteiger partial charge in [0.05, 0.1) is 22.5 Å². The summed E-state index contributed by atoms with van der Waals surface area (Å²) in [4.78, 5) is 70.9. The molecule has 4 heterocycles. The van der Waals surface area contributed by atoms with Crippen LogP contribution in [0.25, 0.3) is 11.1 Å². The number of rotatable bonds is 4. The number of nitrogens with one attached hydrogen (secondary N) is 2. The number of imide groups is 2. The number of nitrogens with zero attached hydrogens (tertiary/aromatic N) is 3. The number of amides is 5. The maximum Gasteiger partial charge on any atom is 0.267 e. The Morgan fingerprint density at radius 3 is 2.39 bits per heavy atom. The van der Waals surface area contributed by atoms with Gasteiger partial charge in [-0.05, 0) is 69.2 Å². The summed E-state index contributed by atoms with van der Waals surface area (Å²) in [6.45, 7) is 5.48. The highest BCUT2D eigenvalue weighted by Crippen LogP contribution is 2.44. The van der Waals surface area contributed by atoms with Crippen LogP contribution in [-0.4, -0.2) is 58.6 Å². The summed E-state index contributed by atoms with van der Waals surface area (Å²) in [5.41, 5.74) is 4.96. The highest BCUT2D eigenvalue weighted by Gasteiger charge is 2.45. The van der Waals surface area contributed by atoms with E-state index in [0.29, 0.717) is 22.8 Å². The summed E-state index contributed by atoms with van der Waals surface area (Å²) in [7, 11) is 1.67. The van der Waals surface area contributed by atoms with Crippen LogP contribution >= 0.6 is 0 Å². The topological polar surface area (TPSA) is 138 Å². The molecule has 11 nitrogen and oxygen atoms in total. The molecule has 0 radical (unpaired) electrons. The van der Waals surface area contributed by atoms with E-state index >= 15 is 0 Å². The average molecular weight is 554 g/mol. The van der Waals surface area contributed by atoms with Gasteiger partial charge in [-0.25, -0.2) is 0 Å². The number of carbonyl (C=O) groups excluding carboxylic acids is 5. The van der Waals surface area contributed by atoms with Crippen molar-refractivity contribution in [1.82, 2.24) is 15.2 Å². The molecule has 1 saturated heterocycles. The molecule has 41 heavy (non-hydrogen) atoms. The first kappa shape index (κ1) is 26.2. The zero-order valence-electron chi connectivity index (χ0n) is 22.9. The maximum atomic E-state index is 13.7. The standard InChI is InChI=1S/C30H27N5O6/c1-14-10-17(11-15(2)31-14)19-12-24-23(34(4)28(38)16(3)41-24)13-21(19)32-20-7-5-6-18-26(20)30(40)35(29(18)39)22-8-9-25(36)33-27(22)37/h5-7,10-13,16,22,32H,8-9H2,1-4H3,(H,33,36,37)/t16-,22-/m0/s1. The first-order valence-electron chi connectivity index (χ1n) is 13.2. The monoisotopic (exact) mass is 553 g/mol. The lowest BCUT2D eigenvalue weighted by atomic mass is 9.99. The van der Waals surface area contributed by atoms with Crippen molar-refractivity contribution in [2.75, 3.05) is 17.3 Å². The van der Waals surface area contributed by atoms with E-state index in [0.717, 1.165) is 27.4 Å². The zero-order chi connectivity index (χ0) is 29.2. The first-order valence-corrected chi connectivity index (χ1v) is 13.2. The van der Waals surface area contributed by atoms with Crippen LogP contribution in [0.4, 0.5) is 17.1 Å². The second kappa shape index (κ2) is 9.54. The fourth-order valence-electron chi connectivity index (χ4n) is 5.65. The van der Waals surface area contributed by atoms with Crippen molar-refractivity contribution in [2.24, 2.45) is 0 Å². The molecule has 0 unspecified atom stereocenters. The molecule has 1 fully saturated rings. The van der Waals surface area contributed by atoms with E-state index in [-0.39, 0.29) is 29.9 Å². The molecule has 6 rings (SSSR count). The number of pyridine rings is 1. The highest BCUT2D eigenvalue weighted by molar-refractivity contribution is 6.25. The van der Waals surface area contributed by atoms with E-state index in [2.05, 4.69) is 15.6 Å². The first-order chi connectivity index (χ1) is 19.5. The fraction of sp³-hybridized carbons (Fsp3) is 0.267. The molecule has 3 aliphatic heterocycles. The second-order valence-electron chi connectivity index (χ2n) is 10.5. The number of anilines is 3. The average Bonchev–Trinajstić information content (AvgIpc) is 3.17. The van der Waals surface area contributed by atoms with Gasteiger partial charge >= 0.3 is 0 Å². The summed E-state index contributed by atoms with van der Waals surface area (Å²) in [6, 6.07) is 11.3. The van der Waals surface area contributed by atoms with E-state index in [1.807, 2.05) is 32.0 Å². The summed E-state index contributed by atoms with van der Waals surface area (Å²) in [5.74, 6) is -2.00. The third-order valence-electron chi connectivity index (χ3n) is 7.57. The highest BCUT2D eigenvalue weighted by atomic mass is 16.5. The van der Waals surface area contributed by atoms with Gasteiger partial charge in [0.15, 0.2) is 6.10 Å². The van der Waals surface area contributed by atoms with Crippen LogP contribution in [0.2, 0.25) is 0 Å². The largest absolute Gasteiger partial charge is 0.479 e. The van der Waals surface area contributed by atoms with Crippen LogP contribution in [0.3, 0.4) is 0 Å². The third-order valence-corrected chi connectivity index (χ3v) is 7.57. The van der Waals surface area contributed by atoms with E-state index in [1.54, 1.807) is 32.2 Å². The number of carbonyl (C=O) groups is 5. The van der Waals surface area contributed by atoms with E-state index in [4.69, 9.17) is 4.74 Å². The molecular weight excluding hydrogens is 526 g/mol. The van der Waals surface area contributed by atoms with Crippen molar-refractivity contribution >= 4 is 46.6 Å². The Hall–Kier alpha value is -5.06. The van der Waals surface area contributed by atoms with Gasteiger partial charge in [-0.2, -0.15) is 0 Å². The van der Waals surface area contributed by atoms with Crippen LogP contribution in [-0.2, 0) is 14.4 Å². The number of likely N-dealkylation sites (N-methyl/N-ethyl adjacent to an activating group) is 1. The quantitative estimate of drug-likeness (QED) is 0.470. The van der Waals surface area contributed by atoms with Gasteiger partial charge in [0.1, 0.15) is 11.8 Å². The molecule has 1 aromatic heterocycles. The maximum absolute atomic E-state index is 13.7. The molecule has 2 N–H and O–H groups in total. The molecule has 208 valence electrons. The van der Waals surface area contributed by atoms with Gasteiger partial charge in [-0.15, -0.1) is 0 Å². The minimum absolute atomic E-state index is 0.0328. The predicted molar refractivity (Wildman–Crippen MR) is 149 cm³/mol. The molecule has 2 atom stereocenters. The van der Waals surface area contributed by atoms with Gasteiger partial charge in [0.25, 0.3) is 17.7 Å². The Morgan fingerprint density at radius 2 is 1.68 bits per heavy atom. The number of aromatic nitrogens is 1. The van der Waals surface area contributed by atoms with Crippen molar-refractivity contribution < 1.29 is 28.7 Å². The summed E-state index contributed by atoms with van der Waals surface area (Å²) in [5, 5.41) is 5.55. The van der Waals surface area contributed by atoms with Crippen LogP contribution in [0, 0.1) is 13.8 Å². The smallest absolute Gasteiger partial charge is 0.267 e. The van der Waals surface area contributed by atoms with Crippen LogP contribution in [0.1, 0.15) is 51.9 Å². The zero-order valence-corrected chi connectivity index (χ0v) is 22.9. The molecule has 11 heteroatoms. The summed E-state index contributed by atoms with van der Waals surface area (Å²) >= 11 is 0. The van der Waals surface area contributed by atoms with Crippen molar-refractivity contribution in [3.63, 3.8) is 0 Å². The second-order valence-corrected chi connectivity index (χ2v) is 10.5. The Morgan fingerprint density at radius 1 is 0.951 bits per heavy atom. The van der Waals surface area contributed by atoms with E-state index in [1.165, 1.54) is 11.0 Å². The van der Waals surface area contributed by atoms with Gasteiger partial charge in [-0.3, -0.25) is 39.2 Å².